The van der Waals surface area contributed by atoms with E-state index >= 15 is 0 Å². The molecule has 152 valence electrons. The number of hydrogen-bond donors (Lipinski definition) is 4. The fourth-order valence-electron chi connectivity index (χ4n) is 1.88. The zero-order chi connectivity index (χ0) is 20.4. The van der Waals surface area contributed by atoms with Gasteiger partial charge < -0.3 is 14.9 Å². The van der Waals surface area contributed by atoms with E-state index in [-0.39, 0.29) is 12.4 Å². The number of hydrogen-bond acceptors (Lipinski definition) is 6. The van der Waals surface area contributed by atoms with Crippen LogP contribution >= 0.6 is 10.6 Å². The van der Waals surface area contributed by atoms with Gasteiger partial charge in [-0.05, 0) is 20.3 Å². The molecule has 0 aromatic carbocycles. The highest BCUT2D eigenvalue weighted by atomic mass is 32.3. The summed E-state index contributed by atoms with van der Waals surface area (Å²) < 4.78 is 60.4. The van der Waals surface area contributed by atoms with Crippen LogP contribution in [-0.4, -0.2) is 48.6 Å². The Bertz CT molecular complexity index is 629. The number of anilines is 1. The lowest BCUT2D eigenvalue weighted by Crippen LogP contribution is -2.43. The number of nitrogens with zero attached hydrogens (tertiary/aromatic N) is 1. The van der Waals surface area contributed by atoms with E-state index in [1.54, 1.807) is 13.8 Å². The first-order chi connectivity index (χ1) is 11.6. The van der Waals surface area contributed by atoms with Crippen molar-refractivity contribution >= 4 is 22.3 Å². The topological polar surface area (TPSA) is 116 Å². The largest absolute Gasteiger partial charge is 0.395 e. The van der Waals surface area contributed by atoms with Crippen molar-refractivity contribution < 1.29 is 36.7 Å². The van der Waals surface area contributed by atoms with Gasteiger partial charge in [-0.15, -0.1) is 0 Å². The van der Waals surface area contributed by atoms with E-state index in [4.69, 9.17) is 4.52 Å². The molecule has 0 saturated carbocycles. The first kappa shape index (κ1) is 22.7. The van der Waals surface area contributed by atoms with Gasteiger partial charge in [0.2, 0.25) is 5.91 Å². The number of amides is 1. The van der Waals surface area contributed by atoms with E-state index in [1.165, 1.54) is 19.9 Å². The van der Waals surface area contributed by atoms with Gasteiger partial charge in [0.05, 0.1) is 6.61 Å². The van der Waals surface area contributed by atoms with E-state index < -0.39 is 51.4 Å². The Morgan fingerprint density at radius 3 is 2.35 bits per heavy atom. The number of alkyl halides is 3. The molecule has 1 aromatic rings. The molecule has 0 radical (unpaired) electrons. The third-order valence-corrected chi connectivity index (χ3v) is 6.75. The van der Waals surface area contributed by atoms with E-state index in [2.05, 4.69) is 10.5 Å². The Kier molecular flexibility index (Phi) is 6.78. The number of aromatic nitrogens is 1. The molecule has 0 aliphatic rings. The lowest BCUT2D eigenvalue weighted by Gasteiger charge is -2.45. The predicted molar refractivity (Wildman–Crippen MR) is 92.3 cm³/mol. The highest BCUT2D eigenvalue weighted by molar-refractivity contribution is 8.26. The molecule has 1 amide bonds. The summed E-state index contributed by atoms with van der Waals surface area (Å²) in [5.41, 5.74) is -0.730. The van der Waals surface area contributed by atoms with Crippen molar-refractivity contribution in [1.29, 1.82) is 0 Å². The summed E-state index contributed by atoms with van der Waals surface area (Å²) >= 11 is 0. The van der Waals surface area contributed by atoms with Gasteiger partial charge in [-0.3, -0.25) is 13.9 Å². The van der Waals surface area contributed by atoms with Gasteiger partial charge in [0.1, 0.15) is 10.5 Å². The second-order valence-electron chi connectivity index (χ2n) is 7.17. The smallest absolute Gasteiger partial charge is 0.389 e. The van der Waals surface area contributed by atoms with Crippen LogP contribution in [0.5, 0.6) is 0 Å². The lowest BCUT2D eigenvalue weighted by atomic mass is 9.92. The van der Waals surface area contributed by atoms with E-state index in [0.29, 0.717) is 5.76 Å². The molecule has 0 saturated heterocycles. The van der Waals surface area contributed by atoms with E-state index in [9.17, 15) is 32.2 Å². The summed E-state index contributed by atoms with van der Waals surface area (Å²) in [7, 11) is -3.64. The standard InChI is InChI=1S/C15H25F3N2O5S/c1-13(2,9-21)10-8-11(20-25-10)19-12(22)14(3,4)26(23,24)7-5-6-15(16,17)18/h8,21,23-24H,5-7,9H2,1-4H3,(H,19,20,22). The number of rotatable bonds is 8. The van der Waals surface area contributed by atoms with Gasteiger partial charge in [-0.2, -0.15) is 23.8 Å². The zero-order valence-corrected chi connectivity index (χ0v) is 15.9. The summed E-state index contributed by atoms with van der Waals surface area (Å²) in [6.07, 6.45) is -6.07. The summed E-state index contributed by atoms with van der Waals surface area (Å²) in [5, 5.41) is 15.3. The van der Waals surface area contributed by atoms with Gasteiger partial charge >= 0.3 is 6.18 Å². The van der Waals surface area contributed by atoms with Crippen LogP contribution in [0.4, 0.5) is 19.0 Å². The molecular weight excluding hydrogens is 377 g/mol. The lowest BCUT2D eigenvalue weighted by molar-refractivity contribution is -0.134. The third kappa shape index (κ3) is 5.60. The number of halogens is 3. The highest BCUT2D eigenvalue weighted by Gasteiger charge is 2.42. The predicted octanol–water partition coefficient (Wildman–Crippen LogP) is 3.75. The first-order valence-corrected chi connectivity index (χ1v) is 9.56. The third-order valence-electron chi connectivity index (χ3n) is 4.07. The second-order valence-corrected chi connectivity index (χ2v) is 9.93. The number of carbonyl (C=O) groups is 1. The van der Waals surface area contributed by atoms with Crippen LogP contribution in [-0.2, 0) is 10.2 Å². The van der Waals surface area contributed by atoms with Crippen molar-refractivity contribution in [3.8, 4) is 0 Å². The van der Waals surface area contributed by atoms with Gasteiger partial charge in [0.25, 0.3) is 0 Å². The fourth-order valence-corrected chi connectivity index (χ4v) is 3.28. The van der Waals surface area contributed by atoms with Crippen molar-refractivity contribution in [3.63, 3.8) is 0 Å². The maximum Gasteiger partial charge on any atom is 0.389 e. The van der Waals surface area contributed by atoms with Gasteiger partial charge in [0, 0.05) is 23.7 Å². The molecule has 0 aliphatic heterocycles. The van der Waals surface area contributed by atoms with Crippen molar-refractivity contribution in [3.05, 3.63) is 11.8 Å². The maximum atomic E-state index is 12.4. The Balaban J connectivity index is 2.80. The van der Waals surface area contributed by atoms with Gasteiger partial charge in [-0.25, -0.2) is 0 Å². The molecule has 1 rings (SSSR count). The summed E-state index contributed by atoms with van der Waals surface area (Å²) in [6.45, 7) is 5.65. The van der Waals surface area contributed by atoms with Crippen LogP contribution in [0.3, 0.4) is 0 Å². The molecule has 0 unspecified atom stereocenters. The fraction of sp³-hybridized carbons (Fsp3) is 0.733. The SMILES string of the molecule is CC(C)(CO)c1cc(NC(=O)C(C)(C)S(O)(O)CCCC(F)(F)F)no1. The Morgan fingerprint density at radius 1 is 1.27 bits per heavy atom. The molecule has 0 fully saturated rings. The van der Waals surface area contributed by atoms with Crippen LogP contribution < -0.4 is 5.32 Å². The Hall–Kier alpha value is -1.30. The van der Waals surface area contributed by atoms with Crippen LogP contribution in [0.1, 0.15) is 46.3 Å². The van der Waals surface area contributed by atoms with Gasteiger partial charge in [0.15, 0.2) is 5.82 Å². The van der Waals surface area contributed by atoms with Crippen LogP contribution in [0, 0.1) is 0 Å². The molecule has 0 bridgehead atoms. The summed E-state index contributed by atoms with van der Waals surface area (Å²) in [6, 6.07) is 1.39. The van der Waals surface area contributed by atoms with Crippen molar-refractivity contribution in [2.75, 3.05) is 17.7 Å². The second kappa shape index (κ2) is 7.75. The molecule has 0 aliphatic carbocycles. The summed E-state index contributed by atoms with van der Waals surface area (Å²) in [5.74, 6) is -1.05. The van der Waals surface area contributed by atoms with Crippen LogP contribution in [0.2, 0.25) is 0 Å². The molecule has 0 atom stereocenters. The first-order valence-electron chi connectivity index (χ1n) is 7.84. The molecule has 26 heavy (non-hydrogen) atoms. The number of aliphatic hydroxyl groups is 1. The zero-order valence-electron chi connectivity index (χ0n) is 15.1. The minimum atomic E-state index is -4.40. The summed E-state index contributed by atoms with van der Waals surface area (Å²) in [4.78, 5) is 12.4. The minimum absolute atomic E-state index is 0.00471. The number of nitrogens with one attached hydrogen (secondary N) is 1. The number of aliphatic hydroxyl groups excluding tert-OH is 1. The average molecular weight is 402 g/mol. The Labute approximate surface area is 151 Å². The van der Waals surface area contributed by atoms with E-state index in [1.807, 2.05) is 0 Å². The minimum Gasteiger partial charge on any atom is -0.395 e. The maximum absolute atomic E-state index is 12.4. The number of carbonyl (C=O) groups excluding carboxylic acids is 1. The van der Waals surface area contributed by atoms with Crippen LogP contribution in [0.15, 0.2) is 10.6 Å². The van der Waals surface area contributed by atoms with Crippen LogP contribution in [0.25, 0.3) is 0 Å². The highest BCUT2D eigenvalue weighted by Crippen LogP contribution is 2.53. The van der Waals surface area contributed by atoms with Crippen molar-refractivity contribution in [2.24, 2.45) is 0 Å². The quantitative estimate of drug-likeness (QED) is 0.526. The van der Waals surface area contributed by atoms with Crippen molar-refractivity contribution in [2.45, 2.75) is 56.9 Å². The monoisotopic (exact) mass is 402 g/mol. The molecule has 11 heteroatoms. The molecule has 7 nitrogen and oxygen atoms in total. The molecule has 1 heterocycles. The van der Waals surface area contributed by atoms with Crippen molar-refractivity contribution in [1.82, 2.24) is 5.16 Å². The van der Waals surface area contributed by atoms with E-state index in [0.717, 1.165) is 0 Å². The average Bonchev–Trinajstić information content (AvgIpc) is 2.94. The van der Waals surface area contributed by atoms with Gasteiger partial charge in [-0.1, -0.05) is 19.0 Å². The molecular formula is C15H25F3N2O5S. The Morgan fingerprint density at radius 2 is 1.85 bits per heavy atom. The molecule has 1 aromatic heterocycles. The normalized spacial score (nSPS) is 14.4. The molecule has 4 N–H and O–H groups in total. The molecule has 0 spiro atoms.